The van der Waals surface area contributed by atoms with Gasteiger partial charge in [-0.3, -0.25) is 9.80 Å². The molecule has 7 aromatic rings. The number of benzene rings is 1. The van der Waals surface area contributed by atoms with Crippen molar-refractivity contribution in [3.8, 4) is 22.5 Å². The van der Waals surface area contributed by atoms with Crippen molar-refractivity contribution in [1.29, 1.82) is 0 Å². The Hall–Kier alpha value is -3.47. The maximum Gasteiger partial charge on any atom is 1.00 e. The fourth-order valence-corrected chi connectivity index (χ4v) is 16.7. The van der Waals surface area contributed by atoms with Crippen LogP contribution in [0.3, 0.4) is 0 Å². The van der Waals surface area contributed by atoms with Gasteiger partial charge in [0, 0.05) is 121 Å². The van der Waals surface area contributed by atoms with Crippen molar-refractivity contribution in [1.82, 2.24) is 48.5 Å². The van der Waals surface area contributed by atoms with Gasteiger partial charge in [-0.05, 0) is 177 Å². The first-order valence-corrected chi connectivity index (χ1v) is 32.1. The van der Waals surface area contributed by atoms with Gasteiger partial charge in [-0.15, -0.1) is 22.7 Å². The quantitative estimate of drug-likeness (QED) is 0.131. The molecule has 2 aliphatic carbocycles. The molecule has 0 spiro atoms. The molecule has 79 heavy (non-hydrogen) atoms. The van der Waals surface area contributed by atoms with E-state index in [4.69, 9.17) is 29.4 Å². The zero-order valence-corrected chi connectivity index (χ0v) is 51.1. The minimum absolute atomic E-state index is 0. The van der Waals surface area contributed by atoms with E-state index in [1.165, 1.54) is 108 Å². The third-order valence-corrected chi connectivity index (χ3v) is 21.8. The van der Waals surface area contributed by atoms with Gasteiger partial charge in [-0.1, -0.05) is 18.2 Å². The van der Waals surface area contributed by atoms with Gasteiger partial charge >= 0.3 is 29.6 Å². The third kappa shape index (κ3) is 13.3. The summed E-state index contributed by atoms with van der Waals surface area (Å²) in [6.45, 7) is 12.5. The van der Waals surface area contributed by atoms with Crippen LogP contribution in [-0.4, -0.2) is 167 Å². The zero-order chi connectivity index (χ0) is 52.3. The van der Waals surface area contributed by atoms with Crippen LogP contribution in [0.5, 0.6) is 0 Å². The second kappa shape index (κ2) is 26.8. The molecule has 0 radical (unpaired) electrons. The number of aromatic nitrogens is 6. The molecule has 10 heterocycles. The van der Waals surface area contributed by atoms with Crippen molar-refractivity contribution >= 4 is 54.8 Å². The average molecular weight is 1140 g/mol. The van der Waals surface area contributed by atoms with Crippen LogP contribution in [0.25, 0.3) is 44.6 Å². The van der Waals surface area contributed by atoms with Crippen LogP contribution in [0.15, 0.2) is 82.9 Å². The van der Waals surface area contributed by atoms with Gasteiger partial charge < -0.3 is 29.7 Å². The molecule has 0 atom stereocenters. The van der Waals surface area contributed by atoms with E-state index in [9.17, 15) is 8.42 Å². The zero-order valence-electron chi connectivity index (χ0n) is 46.7. The van der Waals surface area contributed by atoms with E-state index in [0.717, 1.165) is 130 Å². The third-order valence-electron chi connectivity index (χ3n) is 18.1. The maximum absolute atomic E-state index is 13.9. The average Bonchev–Trinajstić information content (AvgIpc) is 4.46. The maximum atomic E-state index is 13.9. The van der Waals surface area contributed by atoms with E-state index < -0.39 is 10.0 Å². The molecule has 418 valence electrons. The Kier molecular flexibility index (Phi) is 19.9. The van der Waals surface area contributed by atoms with Crippen LogP contribution >= 0.6 is 22.7 Å². The number of hydrogen-bond acceptors (Lipinski definition) is 15. The van der Waals surface area contributed by atoms with Crippen molar-refractivity contribution in [2.24, 2.45) is 0 Å². The summed E-state index contributed by atoms with van der Waals surface area (Å²) in [6.07, 6.45) is 24.5. The minimum Gasteiger partial charge on any atom is -0.870 e. The van der Waals surface area contributed by atoms with E-state index in [0.29, 0.717) is 35.4 Å². The van der Waals surface area contributed by atoms with Gasteiger partial charge in [0.25, 0.3) is 10.0 Å². The van der Waals surface area contributed by atoms with Gasteiger partial charge in [0.15, 0.2) is 5.65 Å². The van der Waals surface area contributed by atoms with Crippen molar-refractivity contribution < 1.29 is 52.9 Å². The first kappa shape index (κ1) is 58.7. The number of piperidine rings is 2. The van der Waals surface area contributed by atoms with Gasteiger partial charge in [-0.2, -0.15) is 0 Å². The second-order valence-electron chi connectivity index (χ2n) is 23.0. The number of pyridine rings is 2. The Morgan fingerprint density at radius 2 is 1.09 bits per heavy atom. The van der Waals surface area contributed by atoms with Crippen LogP contribution in [-0.2, 0) is 19.5 Å². The SMILES string of the molecule is CN1CCC(c2nc(-c3c[nH]c4ncc(C5CCC(N6CCCOCC6)CC5)cc34)cs2)CC1.CN1CCC(c2nc(-c3cn(S(=O)(=O)c4ccccc4)c4ncc(C5CCC(N6CCCOCC6)CC5)cc34)cs2)CC1.[Na+].[OH-]. The Morgan fingerprint density at radius 3 is 1.63 bits per heavy atom. The van der Waals surface area contributed by atoms with Crippen molar-refractivity contribution in [3.05, 3.63) is 99.2 Å². The summed E-state index contributed by atoms with van der Waals surface area (Å²) < 4.78 is 40.4. The summed E-state index contributed by atoms with van der Waals surface area (Å²) >= 11 is 3.53. The number of hydrogen-bond donors (Lipinski definition) is 1. The number of fused-ring (bicyclic) bond motifs is 2. The molecule has 2 saturated carbocycles. The number of likely N-dealkylation sites (tertiary alicyclic amines) is 2. The molecule has 13 rings (SSSR count). The predicted molar refractivity (Wildman–Crippen MR) is 312 cm³/mol. The number of ether oxygens (including phenoxy) is 2. The minimum atomic E-state index is -3.82. The summed E-state index contributed by atoms with van der Waals surface area (Å²) in [7, 11) is 0.567. The topological polar surface area (TPSA) is 168 Å². The van der Waals surface area contributed by atoms with Gasteiger partial charge in [0.05, 0.1) is 39.5 Å². The summed E-state index contributed by atoms with van der Waals surface area (Å²) in [5.74, 6) is 2.10. The number of rotatable bonds is 10. The Morgan fingerprint density at radius 1 is 0.582 bits per heavy atom. The van der Waals surface area contributed by atoms with Gasteiger partial charge in [0.1, 0.15) is 5.65 Å². The molecule has 6 aromatic heterocycles. The predicted octanol–water partition coefficient (Wildman–Crippen LogP) is 8.03. The molecule has 6 aliphatic rings. The van der Waals surface area contributed by atoms with E-state index >= 15 is 0 Å². The normalized spacial score (nSPS) is 24.0. The Bertz CT molecular complexity index is 3160. The van der Waals surface area contributed by atoms with Crippen LogP contribution < -0.4 is 29.6 Å². The molecule has 19 heteroatoms. The van der Waals surface area contributed by atoms with E-state index in [1.807, 2.05) is 23.6 Å². The summed E-state index contributed by atoms with van der Waals surface area (Å²) in [5, 5.41) is 8.90. The summed E-state index contributed by atoms with van der Waals surface area (Å²) in [6, 6.07) is 14.6. The number of H-pyrrole nitrogens is 1. The molecule has 15 nitrogen and oxygen atoms in total. The molecule has 4 aliphatic heterocycles. The van der Waals surface area contributed by atoms with Crippen LogP contribution in [0.4, 0.5) is 0 Å². The van der Waals surface area contributed by atoms with Crippen LogP contribution in [0.1, 0.15) is 135 Å². The Labute approximate surface area is 497 Å². The second-order valence-corrected chi connectivity index (χ2v) is 26.6. The van der Waals surface area contributed by atoms with E-state index in [1.54, 1.807) is 41.8 Å². The van der Waals surface area contributed by atoms with Gasteiger partial charge in [-0.25, -0.2) is 32.3 Å². The number of nitrogens with one attached hydrogen (secondary N) is 1. The fourth-order valence-electron chi connectivity index (χ4n) is 13.4. The monoisotopic (exact) mass is 1140 g/mol. The molecule has 2 N–H and O–H groups in total. The first-order valence-electron chi connectivity index (χ1n) is 28.9. The smallest absolute Gasteiger partial charge is 0.870 e. The van der Waals surface area contributed by atoms with E-state index in [-0.39, 0.29) is 39.9 Å². The van der Waals surface area contributed by atoms with E-state index in [2.05, 4.69) is 74.0 Å². The molecule has 0 unspecified atom stereocenters. The molecule has 0 amide bonds. The summed E-state index contributed by atoms with van der Waals surface area (Å²) in [5.41, 5.74) is 8.05. The molecular weight excluding hydrogens is 1060 g/mol. The number of nitrogens with zero attached hydrogens (tertiary/aromatic N) is 9. The molecule has 0 bridgehead atoms. The van der Waals surface area contributed by atoms with Crippen LogP contribution in [0.2, 0.25) is 0 Å². The van der Waals surface area contributed by atoms with Crippen molar-refractivity contribution in [2.75, 3.05) is 92.9 Å². The fraction of sp³-hybridized carbons (Fsp3) is 0.567. The first-order chi connectivity index (χ1) is 37.7. The molecule has 6 fully saturated rings. The van der Waals surface area contributed by atoms with Crippen molar-refractivity contribution in [3.63, 3.8) is 0 Å². The molecule has 4 saturated heterocycles. The number of thiazole rings is 2. The largest absolute Gasteiger partial charge is 1.00 e. The standard InChI is InChI=1S/C33H41N5O3S2.C27H37N5OS.Na.H2O/c1-36-15-12-25(13-16-36)33-35-31(23-42-33)30-22-38(43(39,40)28-6-3-2-4-7-28)32-29(30)20-26(21-34-32)24-8-10-27(11-9-24)37-14-5-18-41-19-17-37;1-31-10-7-20(8-11-31)27-30-25(18-34-27)24-17-29-26-23(24)15-21(16-28-26)19-3-5-22(6-4-19)32-9-2-13-33-14-12-32;;/h2-4,6-7,20-25,27H,5,8-19H2,1H3;15-20,22H,2-14H2,1H3,(H,28,29);;1H2/q;;+1;/p-1. The Balaban J connectivity index is 0.000000178. The van der Waals surface area contributed by atoms with Crippen LogP contribution in [0, 0.1) is 0 Å². The summed E-state index contributed by atoms with van der Waals surface area (Å²) in [4.78, 5) is 33.6. The van der Waals surface area contributed by atoms with Crippen molar-refractivity contribution in [2.45, 2.75) is 131 Å². The van der Waals surface area contributed by atoms with Gasteiger partial charge in [0.2, 0.25) is 0 Å². The molecular formula is C60H79N10NaO5S3. The number of aromatic amines is 1. The molecule has 1 aromatic carbocycles.